The van der Waals surface area contributed by atoms with Gasteiger partial charge in [-0.2, -0.15) is 4.98 Å². The van der Waals surface area contributed by atoms with Gasteiger partial charge in [0.25, 0.3) is 0 Å². The van der Waals surface area contributed by atoms with Crippen LogP contribution in [0.5, 0.6) is 0 Å². The Hall–Kier alpha value is -1.53. The summed E-state index contributed by atoms with van der Waals surface area (Å²) in [6, 6.07) is 3.74. The molecule has 5 nitrogen and oxygen atoms in total. The highest BCUT2D eigenvalue weighted by molar-refractivity contribution is 9.10. The van der Waals surface area contributed by atoms with Crippen LogP contribution in [0.15, 0.2) is 33.5 Å². The molecular formula is C12H10BrClN4O. The minimum Gasteiger partial charge on any atom is -0.467 e. The van der Waals surface area contributed by atoms with Crippen molar-refractivity contribution in [1.82, 2.24) is 14.6 Å². The highest BCUT2D eigenvalue weighted by Crippen LogP contribution is 2.27. The van der Waals surface area contributed by atoms with Gasteiger partial charge in [-0.05, 0) is 52.2 Å². The van der Waals surface area contributed by atoms with Crippen molar-refractivity contribution < 1.29 is 4.42 Å². The van der Waals surface area contributed by atoms with Gasteiger partial charge in [0.05, 0.1) is 12.8 Å². The zero-order chi connectivity index (χ0) is 13.4. The average Bonchev–Trinajstić information content (AvgIpc) is 2.96. The van der Waals surface area contributed by atoms with Crippen LogP contribution in [0.4, 0.5) is 5.82 Å². The Morgan fingerprint density at radius 2 is 2.37 bits per heavy atom. The van der Waals surface area contributed by atoms with Crippen molar-refractivity contribution in [2.24, 2.45) is 0 Å². The molecule has 0 aliphatic carbocycles. The number of aromatic nitrogens is 3. The highest BCUT2D eigenvalue weighted by atomic mass is 79.9. The number of furan rings is 1. The van der Waals surface area contributed by atoms with E-state index in [1.807, 2.05) is 25.3 Å². The Labute approximate surface area is 122 Å². The van der Waals surface area contributed by atoms with Crippen molar-refractivity contribution in [3.05, 3.63) is 45.7 Å². The van der Waals surface area contributed by atoms with Crippen molar-refractivity contribution in [2.75, 3.05) is 5.32 Å². The first-order valence-electron chi connectivity index (χ1n) is 5.62. The van der Waals surface area contributed by atoms with E-state index >= 15 is 0 Å². The number of aryl methyl sites for hydroxylation is 1. The topological polar surface area (TPSA) is 55.4 Å². The van der Waals surface area contributed by atoms with Crippen LogP contribution < -0.4 is 5.32 Å². The molecule has 0 aromatic carbocycles. The number of nitrogens with zero attached hydrogens (tertiary/aromatic N) is 3. The molecule has 0 saturated heterocycles. The molecule has 7 heteroatoms. The summed E-state index contributed by atoms with van der Waals surface area (Å²) in [5, 5.41) is 7.55. The number of anilines is 1. The fourth-order valence-corrected chi connectivity index (χ4v) is 2.43. The third kappa shape index (κ3) is 2.33. The maximum absolute atomic E-state index is 5.92. The van der Waals surface area contributed by atoms with Gasteiger partial charge in [0.1, 0.15) is 11.3 Å². The summed E-state index contributed by atoms with van der Waals surface area (Å²) in [6.07, 6.45) is 3.50. The van der Waals surface area contributed by atoms with Crippen molar-refractivity contribution in [3.63, 3.8) is 0 Å². The van der Waals surface area contributed by atoms with Crippen molar-refractivity contribution in [3.8, 4) is 0 Å². The zero-order valence-corrected chi connectivity index (χ0v) is 12.4. The first-order valence-corrected chi connectivity index (χ1v) is 6.79. The lowest BCUT2D eigenvalue weighted by Crippen LogP contribution is -2.05. The second-order valence-corrected chi connectivity index (χ2v) is 5.25. The van der Waals surface area contributed by atoms with E-state index in [2.05, 4.69) is 31.3 Å². The van der Waals surface area contributed by atoms with E-state index in [9.17, 15) is 0 Å². The van der Waals surface area contributed by atoms with E-state index in [0.717, 1.165) is 21.3 Å². The number of hydrogen-bond acceptors (Lipinski definition) is 4. The SMILES string of the molecule is Cc1c(Br)cn2nc(Cl)nc(NCc3ccco3)c12. The highest BCUT2D eigenvalue weighted by Gasteiger charge is 2.13. The molecular weight excluding hydrogens is 332 g/mol. The van der Waals surface area contributed by atoms with E-state index in [1.54, 1.807) is 10.8 Å². The van der Waals surface area contributed by atoms with E-state index in [1.165, 1.54) is 0 Å². The van der Waals surface area contributed by atoms with Crippen LogP contribution in [0.2, 0.25) is 5.28 Å². The lowest BCUT2D eigenvalue weighted by atomic mass is 10.3. The van der Waals surface area contributed by atoms with Crippen molar-refractivity contribution >= 4 is 38.9 Å². The van der Waals surface area contributed by atoms with Crippen LogP contribution >= 0.6 is 27.5 Å². The summed E-state index contributed by atoms with van der Waals surface area (Å²) in [6.45, 7) is 2.53. The predicted octanol–water partition coefficient (Wildman–Crippen LogP) is 3.66. The fourth-order valence-electron chi connectivity index (χ4n) is 1.88. The van der Waals surface area contributed by atoms with Crippen LogP contribution in [0.25, 0.3) is 5.52 Å². The minimum absolute atomic E-state index is 0.192. The number of rotatable bonds is 3. The molecule has 98 valence electrons. The number of halogens is 2. The third-order valence-corrected chi connectivity index (χ3v) is 3.77. The molecule has 19 heavy (non-hydrogen) atoms. The number of hydrogen-bond donors (Lipinski definition) is 1. The molecule has 0 unspecified atom stereocenters. The summed E-state index contributed by atoms with van der Waals surface area (Å²) >= 11 is 9.40. The van der Waals surface area contributed by atoms with Crippen molar-refractivity contribution in [2.45, 2.75) is 13.5 Å². The summed E-state index contributed by atoms with van der Waals surface area (Å²) in [5.41, 5.74) is 1.95. The predicted molar refractivity (Wildman–Crippen MR) is 76.5 cm³/mol. The van der Waals surface area contributed by atoms with Gasteiger partial charge in [-0.3, -0.25) is 0 Å². The van der Waals surface area contributed by atoms with Gasteiger partial charge in [-0.15, -0.1) is 5.10 Å². The molecule has 3 heterocycles. The summed E-state index contributed by atoms with van der Waals surface area (Å²) in [5.74, 6) is 1.51. The lowest BCUT2D eigenvalue weighted by Gasteiger charge is -2.07. The van der Waals surface area contributed by atoms with Gasteiger partial charge in [0, 0.05) is 10.7 Å². The van der Waals surface area contributed by atoms with E-state index < -0.39 is 0 Å². The monoisotopic (exact) mass is 340 g/mol. The molecule has 0 saturated carbocycles. The molecule has 0 radical (unpaired) electrons. The summed E-state index contributed by atoms with van der Waals surface area (Å²) in [4.78, 5) is 4.23. The maximum Gasteiger partial charge on any atom is 0.243 e. The standard InChI is InChI=1S/C12H10BrClN4O/c1-7-9(13)6-18-10(7)11(16-12(14)17-18)15-5-8-3-2-4-19-8/h2-4,6H,5H2,1H3,(H,15,16,17). The maximum atomic E-state index is 5.92. The smallest absolute Gasteiger partial charge is 0.243 e. The summed E-state index contributed by atoms with van der Waals surface area (Å²) < 4.78 is 7.95. The molecule has 3 aromatic heterocycles. The second-order valence-electron chi connectivity index (χ2n) is 4.06. The summed E-state index contributed by atoms with van der Waals surface area (Å²) in [7, 11) is 0. The Morgan fingerprint density at radius 1 is 1.53 bits per heavy atom. The number of fused-ring (bicyclic) bond motifs is 1. The third-order valence-electron chi connectivity index (χ3n) is 2.81. The van der Waals surface area contributed by atoms with Crippen LogP contribution in [0.3, 0.4) is 0 Å². The Morgan fingerprint density at radius 3 is 3.11 bits per heavy atom. The van der Waals surface area contributed by atoms with E-state index in [-0.39, 0.29) is 5.28 Å². The Bertz CT molecular complexity index is 723. The molecule has 1 N–H and O–H groups in total. The van der Waals surface area contributed by atoms with Crippen LogP contribution in [-0.4, -0.2) is 14.6 Å². The zero-order valence-electron chi connectivity index (χ0n) is 10.0. The molecule has 0 spiro atoms. The van der Waals surface area contributed by atoms with Gasteiger partial charge >= 0.3 is 0 Å². The van der Waals surface area contributed by atoms with Gasteiger partial charge < -0.3 is 9.73 Å². The molecule has 3 rings (SSSR count). The lowest BCUT2D eigenvalue weighted by molar-refractivity contribution is 0.518. The number of nitrogens with one attached hydrogen (secondary N) is 1. The van der Waals surface area contributed by atoms with E-state index in [0.29, 0.717) is 12.4 Å². The van der Waals surface area contributed by atoms with Crippen LogP contribution in [-0.2, 0) is 6.54 Å². The fraction of sp³-hybridized carbons (Fsp3) is 0.167. The molecule has 0 aliphatic rings. The molecule has 3 aromatic rings. The molecule has 0 atom stereocenters. The molecule has 0 amide bonds. The Kier molecular flexibility index (Phi) is 3.20. The second kappa shape index (κ2) is 4.86. The normalized spacial score (nSPS) is 11.1. The van der Waals surface area contributed by atoms with Crippen LogP contribution in [0.1, 0.15) is 11.3 Å². The molecule has 0 bridgehead atoms. The van der Waals surface area contributed by atoms with Gasteiger partial charge in [-0.25, -0.2) is 4.52 Å². The van der Waals surface area contributed by atoms with Crippen molar-refractivity contribution in [1.29, 1.82) is 0 Å². The van der Waals surface area contributed by atoms with Crippen LogP contribution in [0, 0.1) is 6.92 Å². The molecule has 0 fully saturated rings. The largest absolute Gasteiger partial charge is 0.467 e. The minimum atomic E-state index is 0.192. The van der Waals surface area contributed by atoms with Gasteiger partial charge in [0.15, 0.2) is 5.82 Å². The first-order chi connectivity index (χ1) is 9.15. The first kappa shape index (κ1) is 12.5. The van der Waals surface area contributed by atoms with E-state index in [4.69, 9.17) is 16.0 Å². The van der Waals surface area contributed by atoms with Gasteiger partial charge in [0.2, 0.25) is 5.28 Å². The quantitative estimate of drug-likeness (QED) is 0.790. The Balaban J connectivity index is 2.01. The van der Waals surface area contributed by atoms with Gasteiger partial charge in [-0.1, -0.05) is 0 Å². The molecule has 0 aliphatic heterocycles. The average molecular weight is 342 g/mol.